The van der Waals surface area contributed by atoms with Crippen LogP contribution in [0.4, 0.5) is 0 Å². The van der Waals surface area contributed by atoms with Crippen molar-refractivity contribution in [3.8, 4) is 0 Å². The van der Waals surface area contributed by atoms with Gasteiger partial charge >= 0.3 is 0 Å². The molecule has 4 nitrogen and oxygen atoms in total. The molecule has 3 rings (SSSR count). The van der Waals surface area contributed by atoms with E-state index in [4.69, 9.17) is 4.74 Å². The Morgan fingerprint density at radius 1 is 1.40 bits per heavy atom. The van der Waals surface area contributed by atoms with Gasteiger partial charge in [-0.25, -0.2) is 0 Å². The number of carbonyl (C=O) groups is 1. The van der Waals surface area contributed by atoms with Gasteiger partial charge in [-0.05, 0) is 18.4 Å². The van der Waals surface area contributed by atoms with Gasteiger partial charge in [0, 0.05) is 12.0 Å². The van der Waals surface area contributed by atoms with Crippen molar-refractivity contribution in [1.29, 1.82) is 0 Å². The number of ether oxygens (including phenoxy) is 1. The van der Waals surface area contributed by atoms with E-state index in [1.165, 1.54) is 0 Å². The van der Waals surface area contributed by atoms with Crippen LogP contribution in [0.5, 0.6) is 0 Å². The average Bonchev–Trinajstić information content (AvgIpc) is 3.25. The molecule has 1 aliphatic heterocycles. The summed E-state index contributed by atoms with van der Waals surface area (Å²) >= 11 is 0. The van der Waals surface area contributed by atoms with Gasteiger partial charge in [-0.3, -0.25) is 4.79 Å². The Morgan fingerprint density at radius 2 is 2.10 bits per heavy atom. The highest BCUT2D eigenvalue weighted by molar-refractivity contribution is 5.85. The lowest BCUT2D eigenvalue weighted by atomic mass is 9.96. The first kappa shape index (κ1) is 13.6. The molecule has 20 heavy (non-hydrogen) atoms. The largest absolute Gasteiger partial charge is 0.394 e. The highest BCUT2D eigenvalue weighted by atomic mass is 16.5. The maximum absolute atomic E-state index is 12.7. The van der Waals surface area contributed by atoms with Gasteiger partial charge in [0.15, 0.2) is 0 Å². The highest BCUT2D eigenvalue weighted by Gasteiger charge is 2.50. The SMILES string of the molecule is CC1(C(=O)N2CCO[C@H](CO)[C@H]2c2ccccc2)CC1. The van der Waals surface area contributed by atoms with Crippen LogP contribution in [-0.4, -0.2) is 41.8 Å². The molecule has 1 N–H and O–H groups in total. The number of aliphatic hydroxyl groups excluding tert-OH is 1. The smallest absolute Gasteiger partial charge is 0.229 e. The molecule has 0 radical (unpaired) electrons. The Labute approximate surface area is 119 Å². The van der Waals surface area contributed by atoms with Crippen LogP contribution in [0.15, 0.2) is 30.3 Å². The Morgan fingerprint density at radius 3 is 2.70 bits per heavy atom. The molecule has 2 aliphatic rings. The van der Waals surface area contributed by atoms with Crippen molar-refractivity contribution < 1.29 is 14.6 Å². The van der Waals surface area contributed by atoms with Crippen LogP contribution in [0.3, 0.4) is 0 Å². The van der Waals surface area contributed by atoms with E-state index in [0.29, 0.717) is 13.2 Å². The Hall–Kier alpha value is -1.39. The van der Waals surface area contributed by atoms with Crippen LogP contribution in [0, 0.1) is 5.41 Å². The predicted molar refractivity (Wildman–Crippen MR) is 75.1 cm³/mol. The van der Waals surface area contributed by atoms with E-state index in [0.717, 1.165) is 18.4 Å². The first-order valence-corrected chi connectivity index (χ1v) is 7.24. The molecule has 1 amide bonds. The molecule has 1 saturated carbocycles. The maximum Gasteiger partial charge on any atom is 0.229 e. The van der Waals surface area contributed by atoms with E-state index in [2.05, 4.69) is 0 Å². The molecule has 1 heterocycles. The molecule has 2 fully saturated rings. The topological polar surface area (TPSA) is 49.8 Å². The number of carbonyl (C=O) groups excluding carboxylic acids is 1. The first-order chi connectivity index (χ1) is 9.65. The van der Waals surface area contributed by atoms with E-state index < -0.39 is 0 Å². The highest BCUT2D eigenvalue weighted by Crippen LogP contribution is 2.48. The van der Waals surface area contributed by atoms with Crippen molar-refractivity contribution in [3.63, 3.8) is 0 Å². The molecule has 2 atom stereocenters. The van der Waals surface area contributed by atoms with E-state index in [1.54, 1.807) is 0 Å². The number of amides is 1. The normalized spacial score (nSPS) is 28.2. The van der Waals surface area contributed by atoms with Crippen LogP contribution >= 0.6 is 0 Å². The fourth-order valence-corrected chi connectivity index (χ4v) is 2.91. The molecule has 0 unspecified atom stereocenters. The summed E-state index contributed by atoms with van der Waals surface area (Å²) in [7, 11) is 0. The van der Waals surface area contributed by atoms with Crippen molar-refractivity contribution in [2.45, 2.75) is 31.9 Å². The number of aliphatic hydroxyl groups is 1. The summed E-state index contributed by atoms with van der Waals surface area (Å²) in [6, 6.07) is 9.68. The summed E-state index contributed by atoms with van der Waals surface area (Å²) in [5.74, 6) is 0.202. The zero-order valence-electron chi connectivity index (χ0n) is 11.8. The first-order valence-electron chi connectivity index (χ1n) is 7.24. The third kappa shape index (κ3) is 2.34. The standard InChI is InChI=1S/C16H21NO3/c1-16(7-8-16)15(19)17-9-10-20-13(11-18)14(17)12-5-3-2-4-6-12/h2-6,13-14,18H,7-11H2,1H3/t13-,14-/m1/s1. The fraction of sp³-hybridized carbons (Fsp3) is 0.562. The number of morpholine rings is 1. The monoisotopic (exact) mass is 275 g/mol. The van der Waals surface area contributed by atoms with Crippen LogP contribution in [0.25, 0.3) is 0 Å². The Bertz CT molecular complexity index is 484. The van der Waals surface area contributed by atoms with Crippen molar-refractivity contribution >= 4 is 5.91 Å². The van der Waals surface area contributed by atoms with Crippen LogP contribution < -0.4 is 0 Å². The summed E-state index contributed by atoms with van der Waals surface area (Å²) in [6.07, 6.45) is 1.60. The minimum atomic E-state index is -0.336. The summed E-state index contributed by atoms with van der Waals surface area (Å²) in [5, 5.41) is 9.58. The third-order valence-electron chi connectivity index (χ3n) is 4.45. The zero-order chi connectivity index (χ0) is 14.2. The fourth-order valence-electron chi connectivity index (χ4n) is 2.91. The minimum Gasteiger partial charge on any atom is -0.394 e. The Balaban J connectivity index is 1.92. The molecule has 1 aromatic carbocycles. The van der Waals surface area contributed by atoms with Gasteiger partial charge in [-0.15, -0.1) is 0 Å². The summed E-state index contributed by atoms with van der Waals surface area (Å²) in [5.41, 5.74) is 0.841. The average molecular weight is 275 g/mol. The van der Waals surface area contributed by atoms with Crippen LogP contribution in [-0.2, 0) is 9.53 Å². The van der Waals surface area contributed by atoms with Gasteiger partial charge < -0.3 is 14.7 Å². The van der Waals surface area contributed by atoms with Gasteiger partial charge in [0.25, 0.3) is 0 Å². The van der Waals surface area contributed by atoms with Crippen molar-refractivity contribution in [2.24, 2.45) is 5.41 Å². The molecule has 0 aromatic heterocycles. The molecule has 1 saturated heterocycles. The molecular weight excluding hydrogens is 254 g/mol. The summed E-state index contributed by atoms with van der Waals surface area (Å²) < 4.78 is 5.66. The molecule has 4 heteroatoms. The number of rotatable bonds is 3. The minimum absolute atomic E-state index is 0.0694. The van der Waals surface area contributed by atoms with Gasteiger partial charge in [-0.1, -0.05) is 37.3 Å². The molecule has 1 aromatic rings. The quantitative estimate of drug-likeness (QED) is 0.914. The van der Waals surface area contributed by atoms with E-state index in [-0.39, 0.29) is 30.1 Å². The second kappa shape index (κ2) is 5.19. The summed E-state index contributed by atoms with van der Waals surface area (Å²) in [6.45, 7) is 3.06. The zero-order valence-corrected chi connectivity index (χ0v) is 11.8. The lowest BCUT2D eigenvalue weighted by molar-refractivity contribution is -0.155. The van der Waals surface area contributed by atoms with Gasteiger partial charge in [0.05, 0.1) is 19.3 Å². The molecular formula is C16H21NO3. The van der Waals surface area contributed by atoms with E-state index in [9.17, 15) is 9.90 Å². The predicted octanol–water partition coefficient (Wildman–Crippen LogP) is 1.75. The number of nitrogens with zero attached hydrogens (tertiary/aromatic N) is 1. The number of hydrogen-bond donors (Lipinski definition) is 1. The van der Waals surface area contributed by atoms with Gasteiger partial charge in [0.1, 0.15) is 6.10 Å². The van der Waals surface area contributed by atoms with Crippen molar-refractivity contribution in [1.82, 2.24) is 4.90 Å². The van der Waals surface area contributed by atoms with E-state index in [1.807, 2.05) is 42.2 Å². The van der Waals surface area contributed by atoms with Gasteiger partial charge in [0.2, 0.25) is 5.91 Å². The second-order valence-electron chi connectivity index (χ2n) is 6.01. The molecule has 108 valence electrons. The van der Waals surface area contributed by atoms with Crippen LogP contribution in [0.2, 0.25) is 0 Å². The Kier molecular flexibility index (Phi) is 3.52. The lowest BCUT2D eigenvalue weighted by Crippen LogP contribution is -2.51. The molecule has 0 bridgehead atoms. The second-order valence-corrected chi connectivity index (χ2v) is 6.01. The molecule has 0 spiro atoms. The lowest BCUT2D eigenvalue weighted by Gasteiger charge is -2.42. The number of benzene rings is 1. The third-order valence-corrected chi connectivity index (χ3v) is 4.45. The van der Waals surface area contributed by atoms with Gasteiger partial charge in [-0.2, -0.15) is 0 Å². The maximum atomic E-state index is 12.7. The van der Waals surface area contributed by atoms with E-state index >= 15 is 0 Å². The number of hydrogen-bond acceptors (Lipinski definition) is 3. The summed E-state index contributed by atoms with van der Waals surface area (Å²) in [4.78, 5) is 14.6. The van der Waals surface area contributed by atoms with Crippen molar-refractivity contribution in [3.05, 3.63) is 35.9 Å². The molecule has 1 aliphatic carbocycles. The van der Waals surface area contributed by atoms with Crippen molar-refractivity contribution in [2.75, 3.05) is 19.8 Å². The van der Waals surface area contributed by atoms with Crippen LogP contribution in [0.1, 0.15) is 31.4 Å².